The van der Waals surface area contributed by atoms with E-state index in [1.54, 1.807) is 0 Å². The van der Waals surface area contributed by atoms with Crippen molar-refractivity contribution in [2.24, 2.45) is 0 Å². The molecule has 174 valence electrons. The number of phosphoric ester groups is 1. The molecule has 0 amide bonds. The summed E-state index contributed by atoms with van der Waals surface area (Å²) in [5, 5.41) is 10.4. The number of H-pyrrole nitrogens is 1. The second-order valence-corrected chi connectivity index (χ2v) is 10.6. The quantitative estimate of drug-likeness (QED) is 0.150. The smallest absolute Gasteiger partial charge is 0.382 e. The van der Waals surface area contributed by atoms with Gasteiger partial charge in [0.05, 0.1) is 9.30 Å². The number of aryl methyl sites for hydroxylation is 1. The second kappa shape index (κ2) is 9.42. The van der Waals surface area contributed by atoms with Crippen LogP contribution in [0.3, 0.4) is 0 Å². The van der Waals surface area contributed by atoms with Crippen molar-refractivity contribution in [3.8, 4) is 0 Å². The minimum atomic E-state index is -5.96. The van der Waals surface area contributed by atoms with Crippen LogP contribution in [-0.2, 0) is 31.6 Å². The molecule has 16 nitrogen and oxygen atoms in total. The lowest BCUT2D eigenvalue weighted by Gasteiger charge is -2.18. The molecule has 20 heteroatoms. The number of rotatable bonds is 8. The first-order chi connectivity index (χ1) is 14.8. The monoisotopic (exact) mass is 525 g/mol. The van der Waals surface area contributed by atoms with Gasteiger partial charge in [0.2, 0.25) is 6.23 Å². The average molecular weight is 525 g/mol. The minimum Gasteiger partial charge on any atom is -0.382 e. The van der Waals surface area contributed by atoms with E-state index >= 15 is 0 Å². The van der Waals surface area contributed by atoms with Gasteiger partial charge in [-0.1, -0.05) is 12.2 Å². The molecular weight excluding hydrogens is 507 g/mol. The number of phosphoric acid groups is 3. The van der Waals surface area contributed by atoms with Crippen LogP contribution < -0.4 is 5.69 Å². The topological polar surface area (TPSA) is 231 Å². The van der Waals surface area contributed by atoms with E-state index in [1.807, 2.05) is 0 Å². The molecule has 0 bridgehead atoms. The molecule has 0 spiro atoms. The Morgan fingerprint density at radius 2 is 1.94 bits per heavy atom. The number of ether oxygens (including phenoxy) is 1. The van der Waals surface area contributed by atoms with Crippen LogP contribution in [0.4, 0.5) is 0 Å². The third kappa shape index (κ3) is 6.95. The van der Waals surface area contributed by atoms with Gasteiger partial charge >= 0.3 is 29.2 Å². The van der Waals surface area contributed by atoms with E-state index < -0.39 is 60.2 Å². The van der Waals surface area contributed by atoms with Crippen molar-refractivity contribution in [3.05, 3.63) is 38.3 Å². The van der Waals surface area contributed by atoms with Crippen molar-refractivity contribution >= 4 is 35.7 Å². The van der Waals surface area contributed by atoms with Gasteiger partial charge in [0.1, 0.15) is 10.7 Å². The van der Waals surface area contributed by atoms with Crippen LogP contribution in [0.2, 0.25) is 0 Å². The van der Waals surface area contributed by atoms with Gasteiger partial charge in [0, 0.05) is 11.8 Å². The lowest BCUT2D eigenvalue weighted by molar-refractivity contribution is -0.0452. The largest absolute Gasteiger partial charge is 0.490 e. The van der Waals surface area contributed by atoms with Crippen LogP contribution in [0.15, 0.2) is 11.0 Å². The molecule has 1 aliphatic rings. The first-order valence-electron chi connectivity index (χ1n) is 8.65. The standard InChI is InChI=1S/C11H16N3O13P3S/c1-5-3-14(11(16)13-9(5)31)10-7(12-2)8(15)6(25-10)4-24-29(20,21)27-30(22,23)26-28(17,18)19/h3,6-8,10,15H,4H2,1H3,(H,20,21)(H,22,23)(H,13,16,31)(H2,17,18,19)/t6-,7+,8?,10-/m0/s1/i4D2. The van der Waals surface area contributed by atoms with Gasteiger partial charge in [-0.2, -0.15) is 8.62 Å². The summed E-state index contributed by atoms with van der Waals surface area (Å²) in [7, 11) is -17.6. The van der Waals surface area contributed by atoms with Crippen LogP contribution in [0.25, 0.3) is 4.85 Å². The van der Waals surface area contributed by atoms with Gasteiger partial charge in [-0.3, -0.25) is 14.1 Å². The second-order valence-electron chi connectivity index (χ2n) is 5.84. The molecule has 0 radical (unpaired) electrons. The third-order valence-electron chi connectivity index (χ3n) is 3.51. The fraction of sp³-hybridized carbons (Fsp3) is 0.545. The zero-order chi connectivity index (χ0) is 25.6. The van der Waals surface area contributed by atoms with Gasteiger partial charge in [0.25, 0.3) is 6.04 Å². The van der Waals surface area contributed by atoms with Gasteiger partial charge in [0.15, 0.2) is 6.10 Å². The molecule has 0 saturated carbocycles. The van der Waals surface area contributed by atoms with Gasteiger partial charge < -0.3 is 34.3 Å². The summed E-state index contributed by atoms with van der Waals surface area (Å²) in [5.41, 5.74) is -0.531. The summed E-state index contributed by atoms with van der Waals surface area (Å²) in [6.45, 7) is 5.21. The van der Waals surface area contributed by atoms with E-state index in [0.29, 0.717) is 5.56 Å². The number of aromatic nitrogens is 2. The molecule has 1 aliphatic heterocycles. The molecule has 1 aromatic heterocycles. The van der Waals surface area contributed by atoms with E-state index in [0.717, 1.165) is 10.8 Å². The predicted molar refractivity (Wildman–Crippen MR) is 101 cm³/mol. The van der Waals surface area contributed by atoms with Gasteiger partial charge in [-0.05, 0) is 6.92 Å². The molecule has 1 saturated heterocycles. The Balaban J connectivity index is 2.33. The third-order valence-corrected chi connectivity index (χ3v) is 7.59. The fourth-order valence-corrected chi connectivity index (χ4v) is 5.33. The number of hydrogen-bond donors (Lipinski definition) is 6. The maximum absolute atomic E-state index is 12.2. The van der Waals surface area contributed by atoms with E-state index in [2.05, 4.69) is 23.0 Å². The summed E-state index contributed by atoms with van der Waals surface area (Å²) in [5.74, 6) is 0. The number of aliphatic hydroxyl groups is 1. The lowest BCUT2D eigenvalue weighted by Crippen LogP contribution is -2.34. The van der Waals surface area contributed by atoms with Crippen LogP contribution in [0, 0.1) is 18.1 Å². The SMILES string of the molecule is [2H]C([2H])(OP(=O)(O)OP(=O)(O)OP(=O)(O)O)[C@@H]1O[C@H](n2cc(C)c(=S)[nH]c2=O)[C@H]([N+]#[C-])C1O. The van der Waals surface area contributed by atoms with Gasteiger partial charge in [-0.25, -0.2) is 25.1 Å². The van der Waals surface area contributed by atoms with Crippen molar-refractivity contribution in [2.45, 2.75) is 31.4 Å². The van der Waals surface area contributed by atoms with E-state index in [-0.39, 0.29) is 4.64 Å². The molecule has 6 atom stereocenters. The molecule has 31 heavy (non-hydrogen) atoms. The zero-order valence-electron chi connectivity index (χ0n) is 17.0. The van der Waals surface area contributed by atoms with Crippen molar-refractivity contribution in [1.82, 2.24) is 9.55 Å². The van der Waals surface area contributed by atoms with E-state index in [1.165, 1.54) is 6.92 Å². The highest BCUT2D eigenvalue weighted by Gasteiger charge is 2.51. The molecular formula is C11H16N3O13P3S. The lowest BCUT2D eigenvalue weighted by atomic mass is 10.1. The predicted octanol–water partition coefficient (Wildman–Crippen LogP) is 0.104. The number of nitrogens with one attached hydrogen (secondary N) is 1. The Morgan fingerprint density at radius 3 is 2.48 bits per heavy atom. The molecule has 0 aliphatic carbocycles. The minimum absolute atomic E-state index is 0.0636. The molecule has 6 N–H and O–H groups in total. The van der Waals surface area contributed by atoms with Crippen LogP contribution in [-0.4, -0.2) is 59.0 Å². The molecule has 1 fully saturated rings. The highest BCUT2D eigenvalue weighted by atomic mass is 32.1. The highest BCUT2D eigenvalue weighted by Crippen LogP contribution is 2.66. The first-order valence-corrected chi connectivity index (χ1v) is 12.6. The number of nitrogens with zero attached hydrogens (tertiary/aromatic N) is 2. The normalized spacial score (nSPS) is 29.3. The molecule has 2 heterocycles. The van der Waals surface area contributed by atoms with Crippen LogP contribution in [0.1, 0.15) is 14.5 Å². The highest BCUT2D eigenvalue weighted by molar-refractivity contribution is 7.71. The average Bonchev–Trinajstić information content (AvgIpc) is 2.90. The van der Waals surface area contributed by atoms with Gasteiger partial charge in [-0.15, -0.1) is 0 Å². The van der Waals surface area contributed by atoms with Crippen molar-refractivity contribution < 1.29 is 59.0 Å². The van der Waals surface area contributed by atoms with E-state index in [4.69, 9.17) is 40.9 Å². The van der Waals surface area contributed by atoms with Crippen molar-refractivity contribution in [2.75, 3.05) is 6.56 Å². The summed E-state index contributed by atoms with van der Waals surface area (Å²) in [4.78, 5) is 53.3. The summed E-state index contributed by atoms with van der Waals surface area (Å²) in [6, 6.07) is -1.63. The zero-order valence-corrected chi connectivity index (χ0v) is 18.5. The summed E-state index contributed by atoms with van der Waals surface area (Å²) >= 11 is 4.90. The number of aromatic amines is 1. The number of hydrogen-bond acceptors (Lipinski definition) is 10. The summed E-state index contributed by atoms with van der Waals surface area (Å²) in [6.07, 6.45) is -4.76. The Morgan fingerprint density at radius 1 is 1.32 bits per heavy atom. The summed E-state index contributed by atoms with van der Waals surface area (Å²) < 4.78 is 66.9. The Hall–Kier alpha value is -1.08. The van der Waals surface area contributed by atoms with E-state index in [9.17, 15) is 28.5 Å². The van der Waals surface area contributed by atoms with Crippen molar-refractivity contribution in [1.29, 1.82) is 0 Å². The first kappa shape index (κ1) is 23.1. The maximum Gasteiger partial charge on any atom is 0.490 e. The molecule has 0 aromatic carbocycles. The Labute approximate surface area is 181 Å². The van der Waals surface area contributed by atoms with Crippen LogP contribution >= 0.6 is 35.7 Å². The number of aliphatic hydroxyl groups excluding tert-OH is 1. The molecule has 2 rings (SSSR count). The Bertz CT molecular complexity index is 1220. The maximum atomic E-state index is 12.2. The van der Waals surface area contributed by atoms with Crippen molar-refractivity contribution in [3.63, 3.8) is 0 Å². The molecule has 3 unspecified atom stereocenters. The van der Waals surface area contributed by atoms with Crippen LogP contribution in [0.5, 0.6) is 0 Å². The fourth-order valence-electron chi connectivity index (χ4n) is 2.32. The molecule has 1 aromatic rings. The Kier molecular flexibility index (Phi) is 7.02.